The molecule has 0 aromatic heterocycles. The Morgan fingerprint density at radius 3 is 2.57 bits per heavy atom. The predicted octanol–water partition coefficient (Wildman–Crippen LogP) is 4.08. The molecule has 0 aliphatic carbocycles. The molecule has 2 aromatic rings. The van der Waals surface area contributed by atoms with E-state index in [4.69, 9.17) is 0 Å². The average Bonchev–Trinajstić information content (AvgIpc) is 2.48. The van der Waals surface area contributed by atoms with Gasteiger partial charge in [-0.25, -0.2) is 4.39 Å². The van der Waals surface area contributed by atoms with E-state index >= 15 is 0 Å². The van der Waals surface area contributed by atoms with Gasteiger partial charge in [-0.2, -0.15) is 0 Å². The van der Waals surface area contributed by atoms with Gasteiger partial charge in [0.1, 0.15) is 5.82 Å². The predicted molar refractivity (Wildman–Crippen MR) is 85.0 cm³/mol. The summed E-state index contributed by atoms with van der Waals surface area (Å²) in [5, 5.41) is 10.2. The van der Waals surface area contributed by atoms with Crippen molar-refractivity contribution in [3.63, 3.8) is 0 Å². The Bertz CT molecular complexity index is 585. The average molecular weight is 287 g/mol. The van der Waals surface area contributed by atoms with Crippen LogP contribution in [0.2, 0.25) is 0 Å². The van der Waals surface area contributed by atoms with Crippen LogP contribution in [0.3, 0.4) is 0 Å². The number of hydrogen-bond donors (Lipinski definition) is 1. The van der Waals surface area contributed by atoms with Gasteiger partial charge in [-0.3, -0.25) is 0 Å². The quantitative estimate of drug-likeness (QED) is 0.865. The SMILES string of the molecule is CCN(CCC(O)c1cccc(F)c1)c1cccc(C)c1. The molecule has 2 nitrogen and oxygen atoms in total. The van der Waals surface area contributed by atoms with E-state index < -0.39 is 6.10 Å². The van der Waals surface area contributed by atoms with E-state index in [1.54, 1.807) is 12.1 Å². The minimum atomic E-state index is -0.639. The van der Waals surface area contributed by atoms with Gasteiger partial charge in [-0.15, -0.1) is 0 Å². The first kappa shape index (κ1) is 15.5. The van der Waals surface area contributed by atoms with Crippen LogP contribution in [0, 0.1) is 12.7 Å². The number of aryl methyl sites for hydroxylation is 1. The molecular weight excluding hydrogens is 265 g/mol. The van der Waals surface area contributed by atoms with Gasteiger partial charge in [0, 0.05) is 18.8 Å². The van der Waals surface area contributed by atoms with Crippen LogP contribution in [0.15, 0.2) is 48.5 Å². The van der Waals surface area contributed by atoms with Crippen LogP contribution < -0.4 is 4.90 Å². The van der Waals surface area contributed by atoms with Crippen molar-refractivity contribution in [2.45, 2.75) is 26.4 Å². The molecule has 2 aromatic carbocycles. The Hall–Kier alpha value is -1.87. The molecule has 0 saturated carbocycles. The van der Waals surface area contributed by atoms with E-state index in [0.717, 1.165) is 18.8 Å². The number of hydrogen-bond acceptors (Lipinski definition) is 2. The molecule has 0 aliphatic rings. The Balaban J connectivity index is 2.00. The van der Waals surface area contributed by atoms with Crippen molar-refractivity contribution in [3.8, 4) is 0 Å². The topological polar surface area (TPSA) is 23.5 Å². The molecule has 1 atom stereocenters. The zero-order valence-electron chi connectivity index (χ0n) is 12.6. The molecule has 0 fully saturated rings. The van der Waals surface area contributed by atoms with Gasteiger partial charge in [-0.1, -0.05) is 24.3 Å². The van der Waals surface area contributed by atoms with Crippen molar-refractivity contribution in [2.75, 3.05) is 18.0 Å². The number of anilines is 1. The lowest BCUT2D eigenvalue weighted by molar-refractivity contribution is 0.169. The van der Waals surface area contributed by atoms with Crippen LogP contribution in [-0.2, 0) is 0 Å². The van der Waals surface area contributed by atoms with Crippen LogP contribution in [-0.4, -0.2) is 18.2 Å². The van der Waals surface area contributed by atoms with E-state index in [0.29, 0.717) is 12.0 Å². The van der Waals surface area contributed by atoms with Gasteiger partial charge in [0.2, 0.25) is 0 Å². The third kappa shape index (κ3) is 4.30. The third-order valence-electron chi connectivity index (χ3n) is 3.65. The van der Waals surface area contributed by atoms with E-state index in [1.165, 1.54) is 17.7 Å². The number of halogens is 1. The summed E-state index contributed by atoms with van der Waals surface area (Å²) in [7, 11) is 0. The molecule has 21 heavy (non-hydrogen) atoms. The van der Waals surface area contributed by atoms with E-state index in [1.807, 2.05) is 6.07 Å². The smallest absolute Gasteiger partial charge is 0.123 e. The third-order valence-corrected chi connectivity index (χ3v) is 3.65. The van der Waals surface area contributed by atoms with Gasteiger partial charge in [-0.05, 0) is 55.7 Å². The molecule has 0 heterocycles. The van der Waals surface area contributed by atoms with E-state index in [2.05, 4.69) is 36.9 Å². The Morgan fingerprint density at radius 1 is 1.14 bits per heavy atom. The summed E-state index contributed by atoms with van der Waals surface area (Å²) in [6.45, 7) is 5.77. The molecule has 0 spiro atoms. The standard InChI is InChI=1S/C18H22FNO/c1-3-20(17-9-4-6-14(2)12-17)11-10-18(21)15-7-5-8-16(19)13-15/h4-9,12-13,18,21H,3,10-11H2,1-2H3. The lowest BCUT2D eigenvalue weighted by Gasteiger charge is -2.25. The fourth-order valence-electron chi connectivity index (χ4n) is 2.45. The molecule has 112 valence electrons. The summed E-state index contributed by atoms with van der Waals surface area (Å²) in [6, 6.07) is 14.5. The van der Waals surface area contributed by atoms with Crippen molar-refractivity contribution in [1.29, 1.82) is 0 Å². The summed E-state index contributed by atoms with van der Waals surface area (Å²) in [6.07, 6.45) is -0.0647. The number of benzene rings is 2. The molecule has 3 heteroatoms. The minimum absolute atomic E-state index is 0.308. The van der Waals surface area contributed by atoms with E-state index in [9.17, 15) is 9.50 Å². The van der Waals surface area contributed by atoms with Gasteiger partial charge in [0.05, 0.1) is 6.10 Å². The maximum Gasteiger partial charge on any atom is 0.123 e. The van der Waals surface area contributed by atoms with E-state index in [-0.39, 0.29) is 5.82 Å². The molecule has 0 bridgehead atoms. The molecule has 0 aliphatic heterocycles. The van der Waals surface area contributed by atoms with Gasteiger partial charge in [0.25, 0.3) is 0 Å². The molecule has 0 saturated heterocycles. The highest BCUT2D eigenvalue weighted by Crippen LogP contribution is 2.21. The first-order chi connectivity index (χ1) is 10.1. The van der Waals surface area contributed by atoms with Gasteiger partial charge >= 0.3 is 0 Å². The highest BCUT2D eigenvalue weighted by Gasteiger charge is 2.11. The van der Waals surface area contributed by atoms with Crippen molar-refractivity contribution in [3.05, 3.63) is 65.5 Å². The van der Waals surface area contributed by atoms with Crippen LogP contribution in [0.4, 0.5) is 10.1 Å². The molecular formula is C18H22FNO. The summed E-state index contributed by atoms with van der Waals surface area (Å²) < 4.78 is 13.2. The summed E-state index contributed by atoms with van der Waals surface area (Å²) >= 11 is 0. The Kier molecular flexibility index (Phi) is 5.34. The normalized spacial score (nSPS) is 12.2. The maximum absolute atomic E-state index is 13.2. The summed E-state index contributed by atoms with van der Waals surface area (Å²) in [5.41, 5.74) is 3.01. The molecule has 0 amide bonds. The van der Waals surface area contributed by atoms with Crippen molar-refractivity contribution in [1.82, 2.24) is 0 Å². The van der Waals surface area contributed by atoms with Crippen LogP contribution >= 0.6 is 0 Å². The second kappa shape index (κ2) is 7.23. The van der Waals surface area contributed by atoms with Crippen LogP contribution in [0.5, 0.6) is 0 Å². The lowest BCUT2D eigenvalue weighted by Crippen LogP contribution is -2.25. The second-order valence-electron chi connectivity index (χ2n) is 5.28. The van der Waals surface area contributed by atoms with Gasteiger partial charge in [0.15, 0.2) is 0 Å². The summed E-state index contributed by atoms with van der Waals surface area (Å²) in [4.78, 5) is 2.22. The molecule has 2 rings (SSSR count). The maximum atomic E-state index is 13.2. The molecule has 1 unspecified atom stereocenters. The van der Waals surface area contributed by atoms with Crippen molar-refractivity contribution < 1.29 is 9.50 Å². The van der Waals surface area contributed by atoms with Crippen molar-refractivity contribution >= 4 is 5.69 Å². The first-order valence-electron chi connectivity index (χ1n) is 7.35. The minimum Gasteiger partial charge on any atom is -0.388 e. The van der Waals surface area contributed by atoms with Gasteiger partial charge < -0.3 is 10.0 Å². The number of nitrogens with zero attached hydrogens (tertiary/aromatic N) is 1. The fourth-order valence-corrected chi connectivity index (χ4v) is 2.45. The Labute approximate surface area is 125 Å². The molecule has 0 radical (unpaired) electrons. The largest absolute Gasteiger partial charge is 0.388 e. The summed E-state index contributed by atoms with van der Waals surface area (Å²) in [5.74, 6) is -0.308. The zero-order chi connectivity index (χ0) is 15.2. The first-order valence-corrected chi connectivity index (χ1v) is 7.35. The van der Waals surface area contributed by atoms with Crippen LogP contribution in [0.1, 0.15) is 30.6 Å². The highest BCUT2D eigenvalue weighted by atomic mass is 19.1. The number of aliphatic hydroxyl groups excluding tert-OH is 1. The monoisotopic (exact) mass is 287 g/mol. The Morgan fingerprint density at radius 2 is 1.90 bits per heavy atom. The second-order valence-corrected chi connectivity index (χ2v) is 5.28. The van der Waals surface area contributed by atoms with Crippen molar-refractivity contribution in [2.24, 2.45) is 0 Å². The number of rotatable bonds is 6. The molecule has 1 N–H and O–H groups in total. The fraction of sp³-hybridized carbons (Fsp3) is 0.333. The lowest BCUT2D eigenvalue weighted by atomic mass is 10.1. The zero-order valence-corrected chi connectivity index (χ0v) is 12.6. The highest BCUT2D eigenvalue weighted by molar-refractivity contribution is 5.48. The number of aliphatic hydroxyl groups is 1. The van der Waals surface area contributed by atoms with Crippen LogP contribution in [0.25, 0.3) is 0 Å².